The lowest BCUT2D eigenvalue weighted by Gasteiger charge is -2.25. The molecule has 3 aromatic rings. The third-order valence-corrected chi connectivity index (χ3v) is 5.62. The molecule has 1 aromatic heterocycles. The maximum atomic E-state index is 13.6. The summed E-state index contributed by atoms with van der Waals surface area (Å²) in [4.78, 5) is 31.7. The SMILES string of the molecule is C=CCOc1ccc(C(O)=C2C(=O)C(=O)N(Cc3cccnc3)[C@H]2c2ccc(F)cc2)c(C)c1. The van der Waals surface area contributed by atoms with Crippen LogP contribution in [0.3, 0.4) is 0 Å². The van der Waals surface area contributed by atoms with Gasteiger partial charge < -0.3 is 14.7 Å². The Bertz CT molecular complexity index is 1270. The first-order chi connectivity index (χ1) is 16.4. The van der Waals surface area contributed by atoms with Crippen LogP contribution in [-0.4, -0.2) is 33.3 Å². The van der Waals surface area contributed by atoms with Crippen LogP contribution >= 0.6 is 0 Å². The molecule has 6 nitrogen and oxygen atoms in total. The van der Waals surface area contributed by atoms with Crippen molar-refractivity contribution in [1.29, 1.82) is 0 Å². The Labute approximate surface area is 196 Å². The minimum Gasteiger partial charge on any atom is -0.507 e. The number of nitrogens with zero attached hydrogens (tertiary/aromatic N) is 2. The lowest BCUT2D eigenvalue weighted by Crippen LogP contribution is -2.29. The zero-order valence-corrected chi connectivity index (χ0v) is 18.6. The number of Topliss-reactive ketones (excluding diaryl/α,β-unsaturated/α-hetero) is 1. The number of rotatable bonds is 7. The molecular weight excluding hydrogens is 435 g/mol. The van der Waals surface area contributed by atoms with E-state index in [2.05, 4.69) is 11.6 Å². The first kappa shape index (κ1) is 22.9. The number of carbonyl (C=O) groups excluding carboxylic acids is 2. The van der Waals surface area contributed by atoms with Gasteiger partial charge in [0.2, 0.25) is 0 Å². The van der Waals surface area contributed by atoms with E-state index < -0.39 is 23.5 Å². The fourth-order valence-electron chi connectivity index (χ4n) is 4.01. The van der Waals surface area contributed by atoms with E-state index in [1.165, 1.54) is 29.2 Å². The van der Waals surface area contributed by atoms with Crippen molar-refractivity contribution in [3.63, 3.8) is 0 Å². The van der Waals surface area contributed by atoms with E-state index in [9.17, 15) is 19.1 Å². The molecule has 1 aliphatic rings. The summed E-state index contributed by atoms with van der Waals surface area (Å²) >= 11 is 0. The van der Waals surface area contributed by atoms with Crippen molar-refractivity contribution in [2.24, 2.45) is 0 Å². The van der Waals surface area contributed by atoms with Gasteiger partial charge in [-0.1, -0.05) is 30.9 Å². The molecule has 2 aromatic carbocycles. The number of ketones is 1. The maximum Gasteiger partial charge on any atom is 0.295 e. The number of pyridine rings is 1. The van der Waals surface area contributed by atoms with Gasteiger partial charge in [-0.3, -0.25) is 14.6 Å². The Morgan fingerprint density at radius 1 is 1.21 bits per heavy atom. The molecular formula is C27H23FN2O4. The van der Waals surface area contributed by atoms with Gasteiger partial charge in [-0.05, 0) is 60.0 Å². The van der Waals surface area contributed by atoms with Crippen LogP contribution in [0, 0.1) is 12.7 Å². The third kappa shape index (κ3) is 4.45. The third-order valence-electron chi connectivity index (χ3n) is 5.62. The van der Waals surface area contributed by atoms with Gasteiger partial charge in [-0.25, -0.2) is 4.39 Å². The Morgan fingerprint density at radius 3 is 2.62 bits per heavy atom. The smallest absolute Gasteiger partial charge is 0.295 e. The van der Waals surface area contributed by atoms with Crippen LogP contribution in [0.1, 0.15) is 28.3 Å². The van der Waals surface area contributed by atoms with Crippen LogP contribution in [-0.2, 0) is 16.1 Å². The Morgan fingerprint density at radius 2 is 1.97 bits per heavy atom. The highest BCUT2D eigenvalue weighted by Crippen LogP contribution is 2.41. The molecule has 0 unspecified atom stereocenters. The van der Waals surface area contributed by atoms with E-state index >= 15 is 0 Å². The highest BCUT2D eigenvalue weighted by molar-refractivity contribution is 6.46. The molecule has 172 valence electrons. The largest absolute Gasteiger partial charge is 0.507 e. The van der Waals surface area contributed by atoms with Crippen LogP contribution in [0.25, 0.3) is 5.76 Å². The first-order valence-electron chi connectivity index (χ1n) is 10.7. The first-order valence-corrected chi connectivity index (χ1v) is 10.7. The Kier molecular flexibility index (Phi) is 6.54. The number of aliphatic hydroxyl groups is 1. The summed E-state index contributed by atoms with van der Waals surface area (Å²) in [5.74, 6) is -1.71. The summed E-state index contributed by atoms with van der Waals surface area (Å²) in [7, 11) is 0. The lowest BCUT2D eigenvalue weighted by molar-refractivity contribution is -0.140. The molecule has 7 heteroatoms. The molecule has 2 heterocycles. The highest BCUT2D eigenvalue weighted by Gasteiger charge is 2.46. The number of ether oxygens (including phenoxy) is 1. The number of carbonyl (C=O) groups is 2. The monoisotopic (exact) mass is 458 g/mol. The molecule has 0 bridgehead atoms. The van der Waals surface area contributed by atoms with Crippen LogP contribution < -0.4 is 4.74 Å². The van der Waals surface area contributed by atoms with E-state index in [0.717, 1.165) is 5.56 Å². The molecule has 1 fully saturated rings. The van der Waals surface area contributed by atoms with Gasteiger partial charge in [0.15, 0.2) is 0 Å². The van der Waals surface area contributed by atoms with Crippen LogP contribution in [0.15, 0.2) is 85.2 Å². The number of aliphatic hydroxyl groups excluding tert-OH is 1. The van der Waals surface area contributed by atoms with E-state index in [-0.39, 0.29) is 17.9 Å². The second-order valence-electron chi connectivity index (χ2n) is 7.92. The average Bonchev–Trinajstić information content (AvgIpc) is 3.08. The predicted molar refractivity (Wildman–Crippen MR) is 125 cm³/mol. The van der Waals surface area contributed by atoms with Gasteiger partial charge in [-0.2, -0.15) is 0 Å². The van der Waals surface area contributed by atoms with Crippen LogP contribution in [0.2, 0.25) is 0 Å². The number of hydrogen-bond donors (Lipinski definition) is 1. The number of likely N-dealkylation sites (tertiary alicyclic amines) is 1. The molecule has 4 rings (SSSR count). The maximum absolute atomic E-state index is 13.6. The molecule has 0 aliphatic carbocycles. The van der Waals surface area contributed by atoms with Crippen molar-refractivity contribution in [1.82, 2.24) is 9.88 Å². The second kappa shape index (κ2) is 9.70. The summed E-state index contributed by atoms with van der Waals surface area (Å²) in [5, 5.41) is 11.3. The summed E-state index contributed by atoms with van der Waals surface area (Å²) in [6.45, 7) is 5.82. The van der Waals surface area contributed by atoms with Gasteiger partial charge in [-0.15, -0.1) is 0 Å². The van der Waals surface area contributed by atoms with Crippen molar-refractivity contribution < 1.29 is 23.8 Å². The number of aryl methyl sites for hydroxylation is 1. The highest BCUT2D eigenvalue weighted by atomic mass is 19.1. The van der Waals surface area contributed by atoms with Gasteiger partial charge >= 0.3 is 0 Å². The fraction of sp³-hybridized carbons (Fsp3) is 0.148. The summed E-state index contributed by atoms with van der Waals surface area (Å²) in [6, 6.07) is 13.2. The van der Waals surface area contributed by atoms with Crippen molar-refractivity contribution >= 4 is 17.4 Å². The molecule has 0 saturated carbocycles. The standard InChI is InChI=1S/C27H23FN2O4/c1-3-13-34-21-10-11-22(17(2)14-21)25(31)23-24(19-6-8-20(28)9-7-19)30(27(33)26(23)32)16-18-5-4-12-29-15-18/h3-12,14-15,24,31H,1,13,16H2,2H3/t24-/m0/s1. The number of halogens is 1. The number of amides is 1. The van der Waals surface area contributed by atoms with Gasteiger partial charge in [0, 0.05) is 24.5 Å². The molecule has 1 atom stereocenters. The van der Waals surface area contributed by atoms with Crippen LogP contribution in [0.4, 0.5) is 4.39 Å². The molecule has 0 spiro atoms. The molecule has 1 saturated heterocycles. The second-order valence-corrected chi connectivity index (χ2v) is 7.92. The fourth-order valence-corrected chi connectivity index (χ4v) is 4.01. The molecule has 1 N–H and O–H groups in total. The zero-order chi connectivity index (χ0) is 24.2. The summed E-state index contributed by atoms with van der Waals surface area (Å²) in [5.41, 5.74) is 2.24. The molecule has 34 heavy (non-hydrogen) atoms. The van der Waals surface area contributed by atoms with E-state index in [1.807, 2.05) is 0 Å². The summed E-state index contributed by atoms with van der Waals surface area (Å²) < 4.78 is 19.2. The van der Waals surface area contributed by atoms with E-state index in [1.54, 1.807) is 55.7 Å². The van der Waals surface area contributed by atoms with Crippen LogP contribution in [0.5, 0.6) is 5.75 Å². The topological polar surface area (TPSA) is 79.7 Å². The minimum absolute atomic E-state index is 0.0524. The average molecular weight is 458 g/mol. The van der Waals surface area contributed by atoms with Crippen molar-refractivity contribution in [3.8, 4) is 5.75 Å². The lowest BCUT2D eigenvalue weighted by atomic mass is 9.93. The quantitative estimate of drug-likeness (QED) is 0.240. The molecule has 0 radical (unpaired) electrons. The Hall–Kier alpha value is -4.26. The van der Waals surface area contributed by atoms with Gasteiger partial charge in [0.25, 0.3) is 11.7 Å². The van der Waals surface area contributed by atoms with Crippen molar-refractivity contribution in [2.75, 3.05) is 6.61 Å². The van der Waals surface area contributed by atoms with Crippen molar-refractivity contribution in [2.45, 2.75) is 19.5 Å². The summed E-state index contributed by atoms with van der Waals surface area (Å²) in [6.07, 6.45) is 4.84. The van der Waals surface area contributed by atoms with Gasteiger partial charge in [0.05, 0.1) is 11.6 Å². The van der Waals surface area contributed by atoms with E-state index in [0.29, 0.717) is 29.0 Å². The predicted octanol–water partition coefficient (Wildman–Crippen LogP) is 4.72. The van der Waals surface area contributed by atoms with E-state index in [4.69, 9.17) is 4.74 Å². The molecule has 1 amide bonds. The number of hydrogen-bond acceptors (Lipinski definition) is 5. The number of aromatic nitrogens is 1. The van der Waals surface area contributed by atoms with Crippen molar-refractivity contribution in [3.05, 3.63) is 113 Å². The number of benzene rings is 2. The molecule has 1 aliphatic heterocycles. The minimum atomic E-state index is -0.892. The zero-order valence-electron chi connectivity index (χ0n) is 18.6. The Balaban J connectivity index is 1.82. The van der Waals surface area contributed by atoms with Gasteiger partial charge in [0.1, 0.15) is 23.9 Å². The normalized spacial score (nSPS) is 17.1.